The van der Waals surface area contributed by atoms with Crippen molar-refractivity contribution in [2.75, 3.05) is 42.9 Å². The maximum Gasteiger partial charge on any atom is 0.227 e. The zero-order valence-corrected chi connectivity index (χ0v) is 22.3. The van der Waals surface area contributed by atoms with E-state index in [-0.39, 0.29) is 17.6 Å². The van der Waals surface area contributed by atoms with Crippen LogP contribution in [0.25, 0.3) is 0 Å². The van der Waals surface area contributed by atoms with E-state index >= 15 is 0 Å². The van der Waals surface area contributed by atoms with Gasteiger partial charge in [0.2, 0.25) is 5.91 Å². The molecule has 1 fully saturated rings. The standard InChI is InChI=1S/C34H36FN3O/c35-31-15-11-28(12-16-31)25-29-13-17-33(18-14-29)38-23-21-37(22-24-38)20-19-30(26-27-7-3-1-4-8-27)34(39)36-32-9-5-2-6-10-32/h1-18,30H,19-26H2,(H,36,39). The molecule has 0 spiro atoms. The number of carbonyl (C=O) groups excluding carboxylic acids is 1. The molecule has 1 aliphatic rings. The second-order valence-corrected chi connectivity index (χ2v) is 10.3. The predicted octanol–water partition coefficient (Wildman–Crippen LogP) is 6.43. The van der Waals surface area contributed by atoms with Crippen LogP contribution in [0.5, 0.6) is 0 Å². The first-order valence-electron chi connectivity index (χ1n) is 13.8. The van der Waals surface area contributed by atoms with Crippen LogP contribution in [-0.4, -0.2) is 43.5 Å². The predicted molar refractivity (Wildman–Crippen MR) is 158 cm³/mol. The first kappa shape index (κ1) is 26.6. The lowest BCUT2D eigenvalue weighted by Gasteiger charge is -2.36. The van der Waals surface area contributed by atoms with Crippen LogP contribution in [0.4, 0.5) is 15.8 Å². The van der Waals surface area contributed by atoms with E-state index in [0.717, 1.165) is 63.2 Å². The number of nitrogens with one attached hydrogen (secondary N) is 1. The van der Waals surface area contributed by atoms with Gasteiger partial charge in [-0.05, 0) is 78.9 Å². The molecule has 0 aliphatic carbocycles. The van der Waals surface area contributed by atoms with Crippen LogP contribution in [0.3, 0.4) is 0 Å². The summed E-state index contributed by atoms with van der Waals surface area (Å²) in [4.78, 5) is 18.1. The number of halogens is 1. The second kappa shape index (κ2) is 13.2. The summed E-state index contributed by atoms with van der Waals surface area (Å²) in [6.07, 6.45) is 2.37. The Balaban J connectivity index is 1.13. The van der Waals surface area contributed by atoms with Crippen molar-refractivity contribution in [3.05, 3.63) is 132 Å². The zero-order valence-electron chi connectivity index (χ0n) is 22.3. The van der Waals surface area contributed by atoms with Crippen molar-refractivity contribution >= 4 is 17.3 Å². The topological polar surface area (TPSA) is 35.6 Å². The highest BCUT2D eigenvalue weighted by atomic mass is 19.1. The number of hydrogen-bond donors (Lipinski definition) is 1. The normalized spacial score (nSPS) is 14.6. The number of benzene rings is 4. The molecule has 200 valence electrons. The molecule has 5 heteroatoms. The van der Waals surface area contributed by atoms with Crippen LogP contribution in [0.15, 0.2) is 109 Å². The van der Waals surface area contributed by atoms with Gasteiger partial charge in [0.1, 0.15) is 5.82 Å². The van der Waals surface area contributed by atoms with Crippen molar-refractivity contribution in [2.24, 2.45) is 5.92 Å². The molecular formula is C34H36FN3O. The molecule has 1 aliphatic heterocycles. The number of anilines is 2. The molecule has 0 saturated carbocycles. The highest BCUT2D eigenvalue weighted by Gasteiger charge is 2.23. The Labute approximate surface area is 231 Å². The number of nitrogens with zero attached hydrogens (tertiary/aromatic N) is 2. The van der Waals surface area contributed by atoms with Gasteiger partial charge in [-0.1, -0.05) is 72.8 Å². The number of amides is 1. The van der Waals surface area contributed by atoms with Gasteiger partial charge in [-0.3, -0.25) is 9.69 Å². The Hall–Kier alpha value is -3.96. The van der Waals surface area contributed by atoms with Crippen LogP contribution in [0.2, 0.25) is 0 Å². The Morgan fingerprint density at radius 2 is 1.31 bits per heavy atom. The first-order valence-corrected chi connectivity index (χ1v) is 13.8. The largest absolute Gasteiger partial charge is 0.369 e. The van der Waals surface area contributed by atoms with Gasteiger partial charge in [-0.2, -0.15) is 0 Å². The van der Waals surface area contributed by atoms with Crippen molar-refractivity contribution in [1.29, 1.82) is 0 Å². The molecule has 4 aromatic carbocycles. The number of hydrogen-bond acceptors (Lipinski definition) is 3. The van der Waals surface area contributed by atoms with E-state index in [0.29, 0.717) is 0 Å². The van der Waals surface area contributed by atoms with Crippen molar-refractivity contribution in [1.82, 2.24) is 4.90 Å². The van der Waals surface area contributed by atoms with E-state index in [1.807, 2.05) is 60.7 Å². The fourth-order valence-electron chi connectivity index (χ4n) is 5.22. The van der Waals surface area contributed by atoms with Crippen LogP contribution < -0.4 is 10.2 Å². The summed E-state index contributed by atoms with van der Waals surface area (Å²) in [6, 6.07) is 35.5. The smallest absolute Gasteiger partial charge is 0.227 e. The van der Waals surface area contributed by atoms with E-state index < -0.39 is 0 Å². The third-order valence-electron chi connectivity index (χ3n) is 7.53. The molecule has 1 amide bonds. The lowest BCUT2D eigenvalue weighted by atomic mass is 9.94. The third kappa shape index (κ3) is 7.78. The third-order valence-corrected chi connectivity index (χ3v) is 7.53. The molecule has 4 nitrogen and oxygen atoms in total. The van der Waals surface area contributed by atoms with Crippen LogP contribution >= 0.6 is 0 Å². The first-order chi connectivity index (χ1) is 19.1. The average molecular weight is 522 g/mol. The van der Waals surface area contributed by atoms with Gasteiger partial charge in [-0.25, -0.2) is 4.39 Å². The molecule has 0 bridgehead atoms. The fourth-order valence-corrected chi connectivity index (χ4v) is 5.22. The summed E-state index contributed by atoms with van der Waals surface area (Å²) < 4.78 is 13.2. The van der Waals surface area contributed by atoms with Gasteiger partial charge in [0.15, 0.2) is 0 Å². The van der Waals surface area contributed by atoms with E-state index in [1.54, 1.807) is 0 Å². The summed E-state index contributed by atoms with van der Waals surface area (Å²) >= 11 is 0. The molecule has 5 rings (SSSR count). The van der Waals surface area contributed by atoms with Gasteiger partial charge in [0, 0.05) is 43.5 Å². The SMILES string of the molecule is O=C(Nc1ccccc1)C(CCN1CCN(c2ccc(Cc3ccc(F)cc3)cc2)CC1)Cc1ccccc1. The zero-order chi connectivity index (χ0) is 26.9. The van der Waals surface area contributed by atoms with Crippen molar-refractivity contribution < 1.29 is 9.18 Å². The van der Waals surface area contributed by atoms with Crippen molar-refractivity contribution in [3.63, 3.8) is 0 Å². The highest BCUT2D eigenvalue weighted by molar-refractivity contribution is 5.92. The minimum Gasteiger partial charge on any atom is -0.369 e. The number of rotatable bonds is 10. The lowest BCUT2D eigenvalue weighted by Crippen LogP contribution is -2.47. The summed E-state index contributed by atoms with van der Waals surface area (Å²) in [5.41, 5.74) is 5.61. The summed E-state index contributed by atoms with van der Waals surface area (Å²) in [5.74, 6) is -0.195. The van der Waals surface area contributed by atoms with Gasteiger partial charge in [0.25, 0.3) is 0 Å². The number of piperazine rings is 1. The Bertz CT molecular complexity index is 1300. The van der Waals surface area contributed by atoms with E-state index in [2.05, 4.69) is 51.5 Å². The Kier molecular flexibility index (Phi) is 9.02. The molecule has 0 aromatic heterocycles. The fraction of sp³-hybridized carbons (Fsp3) is 0.265. The van der Waals surface area contributed by atoms with Crippen molar-refractivity contribution in [2.45, 2.75) is 19.3 Å². The van der Waals surface area contributed by atoms with E-state index in [4.69, 9.17) is 0 Å². The number of para-hydroxylation sites is 1. The molecule has 0 radical (unpaired) electrons. The summed E-state index contributed by atoms with van der Waals surface area (Å²) in [6.45, 7) is 4.81. The second-order valence-electron chi connectivity index (χ2n) is 10.3. The summed E-state index contributed by atoms with van der Waals surface area (Å²) in [5, 5.41) is 3.12. The minimum absolute atomic E-state index is 0.0840. The molecule has 1 N–H and O–H groups in total. The average Bonchev–Trinajstić information content (AvgIpc) is 2.98. The Morgan fingerprint density at radius 1 is 0.718 bits per heavy atom. The maximum absolute atomic E-state index is 13.2. The quantitative estimate of drug-likeness (QED) is 0.261. The van der Waals surface area contributed by atoms with Gasteiger partial charge in [-0.15, -0.1) is 0 Å². The minimum atomic E-state index is -0.199. The molecule has 1 heterocycles. The van der Waals surface area contributed by atoms with Gasteiger partial charge < -0.3 is 10.2 Å². The van der Waals surface area contributed by atoms with Gasteiger partial charge in [0.05, 0.1) is 0 Å². The molecule has 1 saturated heterocycles. The van der Waals surface area contributed by atoms with Crippen LogP contribution in [-0.2, 0) is 17.6 Å². The van der Waals surface area contributed by atoms with E-state index in [1.165, 1.54) is 28.9 Å². The molecule has 1 unspecified atom stereocenters. The highest BCUT2D eigenvalue weighted by Crippen LogP contribution is 2.21. The maximum atomic E-state index is 13.2. The van der Waals surface area contributed by atoms with Crippen molar-refractivity contribution in [3.8, 4) is 0 Å². The monoisotopic (exact) mass is 521 g/mol. The molecule has 39 heavy (non-hydrogen) atoms. The molecule has 1 atom stereocenters. The Morgan fingerprint density at radius 3 is 1.95 bits per heavy atom. The summed E-state index contributed by atoms with van der Waals surface area (Å²) in [7, 11) is 0. The van der Waals surface area contributed by atoms with Crippen LogP contribution in [0.1, 0.15) is 23.1 Å². The van der Waals surface area contributed by atoms with Crippen LogP contribution in [0, 0.1) is 11.7 Å². The van der Waals surface area contributed by atoms with Gasteiger partial charge >= 0.3 is 0 Å². The number of carbonyl (C=O) groups is 1. The molecule has 4 aromatic rings. The molecular weight excluding hydrogens is 485 g/mol. The lowest BCUT2D eigenvalue weighted by molar-refractivity contribution is -0.120. The van der Waals surface area contributed by atoms with E-state index in [9.17, 15) is 9.18 Å².